The van der Waals surface area contributed by atoms with Crippen LogP contribution in [0.3, 0.4) is 0 Å². The Hall–Kier alpha value is -2.58. The fourth-order valence-corrected chi connectivity index (χ4v) is 5.75. The van der Waals surface area contributed by atoms with Gasteiger partial charge in [0, 0.05) is 18.3 Å². The zero-order valence-corrected chi connectivity index (χ0v) is 20.4. The summed E-state index contributed by atoms with van der Waals surface area (Å²) in [6.07, 6.45) is 4.26. The molecule has 4 rings (SSSR count). The number of hydrogen-bond donors (Lipinski definition) is 1. The van der Waals surface area contributed by atoms with Gasteiger partial charge in [0.1, 0.15) is 0 Å². The number of methoxy groups -OCH3 is 1. The van der Waals surface area contributed by atoms with Crippen molar-refractivity contribution in [3.63, 3.8) is 0 Å². The number of benzene rings is 1. The molecule has 0 aliphatic carbocycles. The van der Waals surface area contributed by atoms with E-state index in [9.17, 15) is 9.59 Å². The number of allylic oxidation sites excluding steroid dienone is 1. The Bertz CT molecular complexity index is 989. The molecule has 1 amide bonds. The van der Waals surface area contributed by atoms with Crippen molar-refractivity contribution in [2.75, 3.05) is 27.2 Å². The van der Waals surface area contributed by atoms with Gasteiger partial charge in [0.25, 0.3) is 0 Å². The fraction of sp³-hybridized carbons (Fsp3) is 0.480. The molecule has 2 atom stereocenters. The van der Waals surface area contributed by atoms with E-state index in [4.69, 9.17) is 9.73 Å². The molecule has 0 unspecified atom stereocenters. The molecule has 1 aromatic carbocycles. The van der Waals surface area contributed by atoms with Gasteiger partial charge in [0.15, 0.2) is 5.17 Å². The van der Waals surface area contributed by atoms with Crippen LogP contribution in [-0.4, -0.2) is 60.1 Å². The summed E-state index contributed by atoms with van der Waals surface area (Å²) in [5, 5.41) is 5.86. The Morgan fingerprint density at radius 3 is 2.73 bits per heavy atom. The maximum absolute atomic E-state index is 12.8. The largest absolute Gasteiger partial charge is 0.466 e. The van der Waals surface area contributed by atoms with Crippen molar-refractivity contribution in [2.45, 2.75) is 51.1 Å². The summed E-state index contributed by atoms with van der Waals surface area (Å²) in [6, 6.07) is 10.1. The molecule has 3 aliphatic rings. The Morgan fingerprint density at radius 2 is 2.06 bits per heavy atom. The molecule has 0 saturated carbocycles. The summed E-state index contributed by atoms with van der Waals surface area (Å²) in [4.78, 5) is 34.8. The topological polar surface area (TPSA) is 74.2 Å². The Balaban J connectivity index is 1.52. The molecule has 0 bridgehead atoms. The predicted octanol–water partition coefficient (Wildman–Crippen LogP) is 3.82. The lowest BCUT2D eigenvalue weighted by Crippen LogP contribution is -2.38. The van der Waals surface area contributed by atoms with E-state index in [1.165, 1.54) is 31.7 Å². The van der Waals surface area contributed by atoms with E-state index in [0.717, 1.165) is 35.1 Å². The molecule has 3 aliphatic heterocycles. The first-order valence-electron chi connectivity index (χ1n) is 11.6. The number of amidine groups is 1. The molecule has 0 radical (unpaired) electrons. The number of carbonyl (C=O) groups excluding carboxylic acids is 2. The van der Waals surface area contributed by atoms with Crippen LogP contribution in [-0.2, 0) is 14.3 Å². The van der Waals surface area contributed by atoms with E-state index >= 15 is 0 Å². The number of thioether (sulfide) groups is 1. The highest BCUT2D eigenvalue weighted by Crippen LogP contribution is 2.45. The highest BCUT2D eigenvalue weighted by Gasteiger charge is 2.41. The number of nitrogens with one attached hydrogen (secondary N) is 1. The number of carbonyl (C=O) groups is 2. The minimum atomic E-state index is -0.384. The van der Waals surface area contributed by atoms with Crippen LogP contribution < -0.4 is 5.32 Å². The molecule has 1 N–H and O–H groups in total. The first-order chi connectivity index (χ1) is 16.0. The summed E-state index contributed by atoms with van der Waals surface area (Å²) in [5.41, 5.74) is 3.08. The molecular formula is C25H32N4O3S. The van der Waals surface area contributed by atoms with E-state index in [-0.39, 0.29) is 24.3 Å². The monoisotopic (exact) mass is 468 g/mol. The van der Waals surface area contributed by atoms with Gasteiger partial charge >= 0.3 is 5.97 Å². The van der Waals surface area contributed by atoms with E-state index < -0.39 is 0 Å². The lowest BCUT2D eigenvalue weighted by atomic mass is 9.93. The summed E-state index contributed by atoms with van der Waals surface area (Å²) < 4.78 is 5.15. The number of aliphatic imine (C=N–C) groups is 1. The molecule has 176 valence electrons. The summed E-state index contributed by atoms with van der Waals surface area (Å²) in [6.45, 7) is 3.80. The van der Waals surface area contributed by atoms with Crippen LogP contribution in [0.1, 0.15) is 50.6 Å². The van der Waals surface area contributed by atoms with E-state index in [2.05, 4.69) is 17.3 Å². The van der Waals surface area contributed by atoms with Crippen molar-refractivity contribution in [2.24, 2.45) is 4.99 Å². The van der Waals surface area contributed by atoms with E-state index in [1.54, 1.807) is 0 Å². The molecule has 3 heterocycles. The van der Waals surface area contributed by atoms with Gasteiger partial charge in [0.2, 0.25) is 5.91 Å². The zero-order chi connectivity index (χ0) is 23.4. The Labute approximate surface area is 199 Å². The number of fused-ring (bicyclic) bond motifs is 1. The molecular weight excluding hydrogens is 436 g/mol. The van der Waals surface area contributed by atoms with Crippen molar-refractivity contribution in [1.82, 2.24) is 15.1 Å². The summed E-state index contributed by atoms with van der Waals surface area (Å²) in [5.74, 6) is -0.398. The smallest absolute Gasteiger partial charge is 0.338 e. The van der Waals surface area contributed by atoms with Crippen LogP contribution in [0.15, 0.2) is 57.7 Å². The van der Waals surface area contributed by atoms with Gasteiger partial charge in [-0.1, -0.05) is 49.0 Å². The van der Waals surface area contributed by atoms with Gasteiger partial charge in [-0.3, -0.25) is 4.79 Å². The van der Waals surface area contributed by atoms with Crippen LogP contribution in [0.2, 0.25) is 0 Å². The number of likely N-dealkylation sites (tertiary alicyclic amines) is 1. The lowest BCUT2D eigenvalue weighted by molar-refractivity contribution is -0.136. The number of rotatable bonds is 8. The fourth-order valence-electron chi connectivity index (χ4n) is 4.81. The second-order valence-electron chi connectivity index (χ2n) is 8.60. The Kier molecular flexibility index (Phi) is 7.55. The molecule has 1 fully saturated rings. The minimum Gasteiger partial charge on any atom is -0.466 e. The SMILES string of the molecule is CCC1=C(C(=O)OC)[C@@H](c2ccccc2)N2C(CC(=O)NCC[C@@H]3CCCN3C)=CSC2=N1. The van der Waals surface area contributed by atoms with Gasteiger partial charge in [-0.2, -0.15) is 0 Å². The van der Waals surface area contributed by atoms with Crippen LogP contribution in [0.25, 0.3) is 0 Å². The van der Waals surface area contributed by atoms with Crippen LogP contribution >= 0.6 is 11.8 Å². The van der Waals surface area contributed by atoms with Crippen molar-refractivity contribution in [1.29, 1.82) is 0 Å². The zero-order valence-electron chi connectivity index (χ0n) is 19.5. The number of esters is 1. The average molecular weight is 469 g/mol. The van der Waals surface area contributed by atoms with Crippen LogP contribution in [0, 0.1) is 0 Å². The highest BCUT2D eigenvalue weighted by atomic mass is 32.2. The average Bonchev–Trinajstić information content (AvgIpc) is 3.43. The molecule has 0 aromatic heterocycles. The first-order valence-corrected chi connectivity index (χ1v) is 12.5. The third-order valence-corrected chi connectivity index (χ3v) is 7.45. The second-order valence-corrected chi connectivity index (χ2v) is 9.44. The first kappa shape index (κ1) is 23.6. The maximum atomic E-state index is 12.8. The van der Waals surface area contributed by atoms with Crippen molar-refractivity contribution in [3.05, 3.63) is 58.3 Å². The summed E-state index contributed by atoms with van der Waals surface area (Å²) >= 11 is 1.50. The van der Waals surface area contributed by atoms with Gasteiger partial charge < -0.3 is 19.9 Å². The van der Waals surface area contributed by atoms with Gasteiger partial charge in [-0.15, -0.1) is 0 Å². The number of amides is 1. The minimum absolute atomic E-state index is 0.0135. The molecule has 8 heteroatoms. The Morgan fingerprint density at radius 1 is 1.27 bits per heavy atom. The third-order valence-electron chi connectivity index (χ3n) is 6.56. The molecule has 0 spiro atoms. The van der Waals surface area contributed by atoms with Crippen molar-refractivity contribution < 1.29 is 14.3 Å². The number of hydrogen-bond acceptors (Lipinski definition) is 7. The number of nitrogens with zero attached hydrogens (tertiary/aromatic N) is 3. The summed E-state index contributed by atoms with van der Waals surface area (Å²) in [7, 11) is 3.55. The standard InChI is InChI=1S/C25H32N4O3S/c1-4-20-22(24(31)32-3)23(17-9-6-5-7-10-17)29-19(16-33-25(29)27-20)15-21(30)26-13-12-18-11-8-14-28(18)2/h5-7,9-10,16,18,23H,4,8,11-15H2,1-3H3,(H,26,30)/t18-,23+/m0/s1. The second kappa shape index (κ2) is 10.6. The molecule has 1 aromatic rings. The van der Waals surface area contributed by atoms with Crippen molar-refractivity contribution in [3.8, 4) is 0 Å². The predicted molar refractivity (Wildman–Crippen MR) is 131 cm³/mol. The number of ether oxygens (including phenoxy) is 1. The van der Waals surface area contributed by atoms with Gasteiger partial charge in [0.05, 0.1) is 30.8 Å². The third kappa shape index (κ3) is 5.01. The van der Waals surface area contributed by atoms with E-state index in [1.807, 2.05) is 47.6 Å². The van der Waals surface area contributed by atoms with E-state index in [0.29, 0.717) is 24.6 Å². The van der Waals surface area contributed by atoms with Crippen LogP contribution in [0.4, 0.5) is 0 Å². The maximum Gasteiger partial charge on any atom is 0.338 e. The molecule has 33 heavy (non-hydrogen) atoms. The normalized spacial score (nSPS) is 22.7. The molecule has 7 nitrogen and oxygen atoms in total. The van der Waals surface area contributed by atoms with Gasteiger partial charge in [-0.05, 0) is 50.2 Å². The van der Waals surface area contributed by atoms with Crippen molar-refractivity contribution >= 4 is 28.8 Å². The lowest BCUT2D eigenvalue weighted by Gasteiger charge is -2.36. The highest BCUT2D eigenvalue weighted by molar-refractivity contribution is 8.16. The quantitative estimate of drug-likeness (QED) is 0.585. The molecule has 1 saturated heterocycles. The van der Waals surface area contributed by atoms with Crippen LogP contribution in [0.5, 0.6) is 0 Å². The van der Waals surface area contributed by atoms with Gasteiger partial charge in [-0.25, -0.2) is 9.79 Å².